The number of likely N-dealkylation sites (tertiary alicyclic amines) is 1. The average Bonchev–Trinajstić information content (AvgIpc) is 3.23. The van der Waals surface area contributed by atoms with E-state index in [0.717, 1.165) is 55.3 Å². The van der Waals surface area contributed by atoms with Gasteiger partial charge in [0.15, 0.2) is 0 Å². The number of methoxy groups -OCH3 is 3. The number of nitrogens with one attached hydrogen (secondary N) is 1. The zero-order valence-corrected chi connectivity index (χ0v) is 18.8. The highest BCUT2D eigenvalue weighted by Crippen LogP contribution is 2.25. The standard InChI is InChI=1S/C24H34N2O5/c1-28-17-22-10-9-21(31-22)16-26-12-4-5-18(15-26)6-11-24(27)25-14-19-7-8-20(29-2)13-23(19)30-3/h7-10,13,18H,4-6,11-12,14-17H2,1-3H3,(H,25,27). The maximum absolute atomic E-state index is 12.4. The van der Waals surface area contributed by atoms with Crippen molar-refractivity contribution in [2.75, 3.05) is 34.4 Å². The van der Waals surface area contributed by atoms with E-state index in [4.69, 9.17) is 18.6 Å². The Labute approximate surface area is 184 Å². The van der Waals surface area contributed by atoms with E-state index < -0.39 is 0 Å². The second kappa shape index (κ2) is 11.8. The molecule has 0 aliphatic carbocycles. The molecule has 1 aliphatic rings. The number of nitrogens with zero attached hydrogens (tertiary/aromatic N) is 1. The van der Waals surface area contributed by atoms with Gasteiger partial charge in [-0.3, -0.25) is 9.69 Å². The number of hydrogen-bond acceptors (Lipinski definition) is 6. The normalized spacial score (nSPS) is 16.8. The number of amides is 1. The van der Waals surface area contributed by atoms with Crippen molar-refractivity contribution in [1.29, 1.82) is 0 Å². The topological polar surface area (TPSA) is 73.2 Å². The quantitative estimate of drug-likeness (QED) is 0.585. The molecule has 1 atom stereocenters. The Morgan fingerprint density at radius 3 is 2.77 bits per heavy atom. The van der Waals surface area contributed by atoms with Crippen molar-refractivity contribution >= 4 is 5.91 Å². The maximum Gasteiger partial charge on any atom is 0.220 e. The van der Waals surface area contributed by atoms with E-state index in [1.54, 1.807) is 21.3 Å². The number of carbonyl (C=O) groups excluding carboxylic acids is 1. The van der Waals surface area contributed by atoms with Crippen molar-refractivity contribution in [3.63, 3.8) is 0 Å². The van der Waals surface area contributed by atoms with Gasteiger partial charge in [-0.15, -0.1) is 0 Å². The highest BCUT2D eigenvalue weighted by molar-refractivity contribution is 5.75. The van der Waals surface area contributed by atoms with Gasteiger partial charge in [0.25, 0.3) is 0 Å². The number of hydrogen-bond donors (Lipinski definition) is 1. The summed E-state index contributed by atoms with van der Waals surface area (Å²) in [6, 6.07) is 9.62. The van der Waals surface area contributed by atoms with Crippen LogP contribution in [0.1, 0.15) is 42.8 Å². The van der Waals surface area contributed by atoms with E-state index in [9.17, 15) is 4.79 Å². The molecule has 0 bridgehead atoms. The van der Waals surface area contributed by atoms with Gasteiger partial charge >= 0.3 is 0 Å². The molecule has 2 heterocycles. The second-order valence-electron chi connectivity index (χ2n) is 8.04. The Bertz CT molecular complexity index is 835. The molecular formula is C24H34N2O5. The molecule has 1 N–H and O–H groups in total. The van der Waals surface area contributed by atoms with Crippen LogP contribution in [0.3, 0.4) is 0 Å². The van der Waals surface area contributed by atoms with Crippen molar-refractivity contribution in [2.24, 2.45) is 5.92 Å². The van der Waals surface area contributed by atoms with Gasteiger partial charge in [-0.2, -0.15) is 0 Å². The van der Waals surface area contributed by atoms with Crippen LogP contribution in [-0.2, 0) is 29.2 Å². The van der Waals surface area contributed by atoms with E-state index in [0.29, 0.717) is 31.2 Å². The molecule has 0 saturated carbocycles. The largest absolute Gasteiger partial charge is 0.497 e. The molecule has 0 spiro atoms. The lowest BCUT2D eigenvalue weighted by atomic mass is 9.93. The van der Waals surface area contributed by atoms with Crippen LogP contribution >= 0.6 is 0 Å². The average molecular weight is 431 g/mol. The summed E-state index contributed by atoms with van der Waals surface area (Å²) < 4.78 is 21.6. The van der Waals surface area contributed by atoms with Gasteiger partial charge in [0, 0.05) is 38.2 Å². The minimum Gasteiger partial charge on any atom is -0.497 e. The van der Waals surface area contributed by atoms with Crippen LogP contribution in [0.25, 0.3) is 0 Å². The van der Waals surface area contributed by atoms with Crippen LogP contribution in [0.15, 0.2) is 34.7 Å². The van der Waals surface area contributed by atoms with E-state index in [2.05, 4.69) is 10.2 Å². The summed E-state index contributed by atoms with van der Waals surface area (Å²) in [5.41, 5.74) is 0.937. The van der Waals surface area contributed by atoms with Gasteiger partial charge in [-0.05, 0) is 56.0 Å². The molecule has 1 fully saturated rings. The van der Waals surface area contributed by atoms with Gasteiger partial charge in [0.1, 0.15) is 29.6 Å². The lowest BCUT2D eigenvalue weighted by Gasteiger charge is -2.32. The molecule has 2 aromatic rings. The molecule has 1 amide bonds. The zero-order valence-electron chi connectivity index (χ0n) is 18.8. The molecule has 31 heavy (non-hydrogen) atoms. The first-order valence-electron chi connectivity index (χ1n) is 10.9. The second-order valence-corrected chi connectivity index (χ2v) is 8.04. The summed E-state index contributed by atoms with van der Waals surface area (Å²) in [6.45, 7) is 3.83. The van der Waals surface area contributed by atoms with Gasteiger partial charge < -0.3 is 23.9 Å². The van der Waals surface area contributed by atoms with E-state index >= 15 is 0 Å². The fourth-order valence-electron chi connectivity index (χ4n) is 4.09. The van der Waals surface area contributed by atoms with Crippen LogP contribution in [-0.4, -0.2) is 45.2 Å². The van der Waals surface area contributed by atoms with Crippen LogP contribution in [0.2, 0.25) is 0 Å². The lowest BCUT2D eigenvalue weighted by Crippen LogP contribution is -2.35. The molecule has 1 aromatic heterocycles. The summed E-state index contributed by atoms with van der Waals surface area (Å²) in [5.74, 6) is 3.89. The summed E-state index contributed by atoms with van der Waals surface area (Å²) in [4.78, 5) is 14.8. The Hall–Kier alpha value is -2.51. The molecule has 1 aromatic carbocycles. The van der Waals surface area contributed by atoms with Crippen molar-refractivity contribution in [2.45, 2.75) is 45.4 Å². The fourth-order valence-corrected chi connectivity index (χ4v) is 4.09. The smallest absolute Gasteiger partial charge is 0.220 e. The van der Waals surface area contributed by atoms with Crippen LogP contribution in [0.4, 0.5) is 0 Å². The number of rotatable bonds is 11. The minimum atomic E-state index is 0.0743. The summed E-state index contributed by atoms with van der Waals surface area (Å²) in [6.07, 6.45) is 3.76. The minimum absolute atomic E-state index is 0.0743. The highest BCUT2D eigenvalue weighted by Gasteiger charge is 2.21. The predicted octanol–water partition coefficient (Wildman–Crippen LogP) is 3.75. The van der Waals surface area contributed by atoms with Gasteiger partial charge in [0.2, 0.25) is 5.91 Å². The number of carbonyl (C=O) groups is 1. The Kier molecular flexibility index (Phi) is 8.79. The lowest BCUT2D eigenvalue weighted by molar-refractivity contribution is -0.121. The van der Waals surface area contributed by atoms with Gasteiger partial charge in [0.05, 0.1) is 20.8 Å². The molecule has 170 valence electrons. The van der Waals surface area contributed by atoms with E-state index in [-0.39, 0.29) is 5.91 Å². The number of furan rings is 1. The van der Waals surface area contributed by atoms with Crippen LogP contribution in [0.5, 0.6) is 11.5 Å². The SMILES string of the molecule is COCc1ccc(CN2CCCC(CCC(=O)NCc3ccc(OC)cc3OC)C2)o1. The maximum atomic E-state index is 12.4. The monoisotopic (exact) mass is 430 g/mol. The first-order chi connectivity index (χ1) is 15.1. The number of benzene rings is 1. The molecular weight excluding hydrogens is 396 g/mol. The molecule has 1 unspecified atom stereocenters. The first kappa shape index (κ1) is 23.2. The molecule has 1 aliphatic heterocycles. The third kappa shape index (κ3) is 7.01. The van der Waals surface area contributed by atoms with Crippen molar-refractivity contribution < 1.29 is 23.4 Å². The van der Waals surface area contributed by atoms with Gasteiger partial charge in [-0.25, -0.2) is 0 Å². The Morgan fingerprint density at radius 1 is 1.16 bits per heavy atom. The third-order valence-corrected chi connectivity index (χ3v) is 5.74. The molecule has 7 nitrogen and oxygen atoms in total. The molecule has 7 heteroatoms. The molecule has 1 saturated heterocycles. The van der Waals surface area contributed by atoms with E-state index in [1.165, 1.54) is 6.42 Å². The van der Waals surface area contributed by atoms with Crippen LogP contribution in [0, 0.1) is 5.92 Å². The summed E-state index contributed by atoms with van der Waals surface area (Å²) in [7, 11) is 4.91. The summed E-state index contributed by atoms with van der Waals surface area (Å²) in [5, 5.41) is 3.02. The van der Waals surface area contributed by atoms with Crippen molar-refractivity contribution in [3.8, 4) is 11.5 Å². The van der Waals surface area contributed by atoms with Crippen LogP contribution < -0.4 is 14.8 Å². The van der Waals surface area contributed by atoms with Crippen molar-refractivity contribution in [1.82, 2.24) is 10.2 Å². The van der Waals surface area contributed by atoms with Gasteiger partial charge in [-0.1, -0.05) is 0 Å². The number of piperidine rings is 1. The Balaban J connectivity index is 1.41. The highest BCUT2D eigenvalue weighted by atomic mass is 16.5. The Morgan fingerprint density at radius 2 is 2.00 bits per heavy atom. The summed E-state index contributed by atoms with van der Waals surface area (Å²) >= 11 is 0. The van der Waals surface area contributed by atoms with Crippen molar-refractivity contribution in [3.05, 3.63) is 47.4 Å². The zero-order chi connectivity index (χ0) is 22.1. The molecule has 0 radical (unpaired) electrons. The first-order valence-corrected chi connectivity index (χ1v) is 10.9. The van der Waals surface area contributed by atoms with E-state index in [1.807, 2.05) is 30.3 Å². The fraction of sp³-hybridized carbons (Fsp3) is 0.542. The predicted molar refractivity (Wildman–Crippen MR) is 118 cm³/mol. The third-order valence-electron chi connectivity index (χ3n) is 5.74. The number of ether oxygens (including phenoxy) is 3. The molecule has 3 rings (SSSR count).